The van der Waals surface area contributed by atoms with Crippen molar-refractivity contribution in [2.24, 2.45) is 0 Å². The first-order chi connectivity index (χ1) is 11.3. The molecule has 9 nitrogen and oxygen atoms in total. The van der Waals surface area contributed by atoms with Gasteiger partial charge in [0, 0.05) is 10.5 Å². The van der Waals surface area contributed by atoms with Crippen molar-refractivity contribution < 1.29 is 19.4 Å². The summed E-state index contributed by atoms with van der Waals surface area (Å²) >= 11 is 3.19. The van der Waals surface area contributed by atoms with E-state index in [9.17, 15) is 29.8 Å². The maximum atomic E-state index is 12.3. The molecule has 0 radical (unpaired) electrons. The van der Waals surface area contributed by atoms with E-state index in [1.807, 2.05) is 0 Å². The highest BCUT2D eigenvalue weighted by Crippen LogP contribution is 2.41. The summed E-state index contributed by atoms with van der Waals surface area (Å²) in [5.74, 6) is -1.76. The quantitative estimate of drug-likeness (QED) is 0.449. The molecule has 0 unspecified atom stereocenters. The van der Waals surface area contributed by atoms with Crippen LogP contribution in [0.15, 0.2) is 40.9 Å². The Morgan fingerprint density at radius 1 is 0.917 bits per heavy atom. The van der Waals surface area contributed by atoms with Crippen molar-refractivity contribution >= 4 is 50.4 Å². The van der Waals surface area contributed by atoms with Crippen LogP contribution in [0.3, 0.4) is 0 Å². The van der Waals surface area contributed by atoms with Gasteiger partial charge >= 0.3 is 5.91 Å². The van der Waals surface area contributed by atoms with Crippen LogP contribution in [0.4, 0.5) is 22.7 Å². The van der Waals surface area contributed by atoms with Gasteiger partial charge in [-0.15, -0.1) is 0 Å². The molecule has 3 rings (SSSR count). The number of ketones is 1. The van der Waals surface area contributed by atoms with Crippen LogP contribution in [-0.2, 0) is 4.79 Å². The minimum atomic E-state index is -0.958. The molecular weight excluding hydrogens is 386 g/mol. The summed E-state index contributed by atoms with van der Waals surface area (Å²) in [4.78, 5) is 45.7. The Balaban J connectivity index is 2.23. The summed E-state index contributed by atoms with van der Waals surface area (Å²) < 4.78 is 0.572. The van der Waals surface area contributed by atoms with Crippen molar-refractivity contribution in [3.05, 3.63) is 66.7 Å². The van der Waals surface area contributed by atoms with Crippen LogP contribution in [0.25, 0.3) is 0 Å². The van der Waals surface area contributed by atoms with Crippen LogP contribution in [0, 0.1) is 20.2 Å². The molecule has 0 bridgehead atoms. The van der Waals surface area contributed by atoms with Gasteiger partial charge in [-0.3, -0.25) is 34.7 Å². The summed E-state index contributed by atoms with van der Waals surface area (Å²) in [7, 11) is 0. The predicted molar refractivity (Wildman–Crippen MR) is 85.4 cm³/mol. The first-order valence-electron chi connectivity index (χ1n) is 6.42. The van der Waals surface area contributed by atoms with Crippen LogP contribution >= 0.6 is 15.9 Å². The molecular formula is C14H6BrN3O6. The average molecular weight is 392 g/mol. The van der Waals surface area contributed by atoms with Crippen LogP contribution in [0.5, 0.6) is 0 Å². The molecule has 1 heterocycles. The van der Waals surface area contributed by atoms with Crippen molar-refractivity contribution in [1.82, 2.24) is 0 Å². The van der Waals surface area contributed by atoms with E-state index in [0.29, 0.717) is 4.47 Å². The van der Waals surface area contributed by atoms with Crippen LogP contribution in [0.2, 0.25) is 0 Å². The van der Waals surface area contributed by atoms with Gasteiger partial charge in [0.2, 0.25) is 0 Å². The number of carbonyl (C=O) groups is 2. The average Bonchev–Trinajstić information content (AvgIpc) is 2.78. The zero-order valence-corrected chi connectivity index (χ0v) is 13.2. The number of hydrogen-bond donors (Lipinski definition) is 0. The maximum Gasteiger partial charge on any atom is 0.304 e. The number of hydrogen-bond acceptors (Lipinski definition) is 6. The first-order valence-corrected chi connectivity index (χ1v) is 7.21. The molecule has 2 aromatic rings. The summed E-state index contributed by atoms with van der Waals surface area (Å²) in [6.45, 7) is 0. The highest BCUT2D eigenvalue weighted by atomic mass is 79.9. The Labute approximate surface area is 141 Å². The first kappa shape index (κ1) is 15.7. The number of Topliss-reactive ketones (excluding diaryl/α,β-unsaturated/α-hetero) is 1. The number of anilines is 2. The van der Waals surface area contributed by atoms with E-state index in [1.54, 1.807) is 6.07 Å². The fourth-order valence-electron chi connectivity index (χ4n) is 2.41. The number of nitro groups is 2. The third kappa shape index (κ3) is 2.33. The van der Waals surface area contributed by atoms with Gasteiger partial charge in [-0.05, 0) is 24.3 Å². The summed E-state index contributed by atoms with van der Waals surface area (Å²) in [6, 6.07) is 7.36. The third-order valence-electron chi connectivity index (χ3n) is 3.45. The van der Waals surface area contributed by atoms with Gasteiger partial charge in [-0.1, -0.05) is 15.9 Å². The van der Waals surface area contributed by atoms with E-state index in [4.69, 9.17) is 0 Å². The Hall–Kier alpha value is -3.14. The lowest BCUT2D eigenvalue weighted by molar-refractivity contribution is -0.393. The van der Waals surface area contributed by atoms with Gasteiger partial charge in [-0.2, -0.15) is 0 Å². The number of nitro benzene ring substituents is 2. The normalized spacial score (nSPS) is 13.1. The minimum absolute atomic E-state index is 0.0991. The van der Waals surface area contributed by atoms with Crippen LogP contribution in [-0.4, -0.2) is 21.5 Å². The largest absolute Gasteiger partial charge is 0.304 e. The highest BCUT2D eigenvalue weighted by molar-refractivity contribution is 9.10. The topological polar surface area (TPSA) is 124 Å². The summed E-state index contributed by atoms with van der Waals surface area (Å²) in [6.07, 6.45) is 0. The number of rotatable bonds is 3. The second kappa shape index (κ2) is 5.49. The molecule has 120 valence electrons. The lowest BCUT2D eigenvalue weighted by atomic mass is 10.1. The summed E-state index contributed by atoms with van der Waals surface area (Å²) in [5.41, 5.74) is -1.04. The van der Waals surface area contributed by atoms with E-state index >= 15 is 0 Å². The van der Waals surface area contributed by atoms with Crippen LogP contribution in [0.1, 0.15) is 10.4 Å². The molecule has 0 aliphatic carbocycles. The predicted octanol–water partition coefficient (Wildman–Crippen LogP) is 3.13. The Kier molecular flexibility index (Phi) is 3.60. The molecule has 1 aliphatic rings. The Morgan fingerprint density at radius 3 is 2.21 bits per heavy atom. The molecule has 24 heavy (non-hydrogen) atoms. The molecule has 0 fully saturated rings. The zero-order chi connectivity index (χ0) is 17.6. The van der Waals surface area contributed by atoms with E-state index in [0.717, 1.165) is 23.1 Å². The van der Waals surface area contributed by atoms with Crippen molar-refractivity contribution in [2.45, 2.75) is 0 Å². The third-order valence-corrected chi connectivity index (χ3v) is 3.94. The van der Waals surface area contributed by atoms with E-state index in [1.165, 1.54) is 12.1 Å². The smallest absolute Gasteiger partial charge is 0.283 e. The number of halogens is 1. The molecule has 0 aromatic heterocycles. The molecule has 0 saturated carbocycles. The SMILES string of the molecule is O=C1C(=O)N(c2ccc([N+](=O)[O-])cc2[N+](=O)[O-])c2ccc(Br)cc21. The number of benzene rings is 2. The van der Waals surface area contributed by atoms with Crippen molar-refractivity contribution in [1.29, 1.82) is 0 Å². The molecule has 0 N–H and O–H groups in total. The van der Waals surface area contributed by atoms with Crippen molar-refractivity contribution in [2.75, 3.05) is 4.90 Å². The zero-order valence-electron chi connectivity index (χ0n) is 11.6. The monoisotopic (exact) mass is 391 g/mol. The summed E-state index contributed by atoms with van der Waals surface area (Å²) in [5, 5.41) is 22.1. The fraction of sp³-hybridized carbons (Fsp3) is 0. The molecule has 0 spiro atoms. The van der Waals surface area contributed by atoms with Crippen LogP contribution < -0.4 is 4.90 Å². The molecule has 2 aromatic carbocycles. The number of fused-ring (bicyclic) bond motifs is 1. The fourth-order valence-corrected chi connectivity index (χ4v) is 2.77. The van der Waals surface area contributed by atoms with Crippen molar-refractivity contribution in [3.8, 4) is 0 Å². The molecule has 1 amide bonds. The molecule has 10 heteroatoms. The number of amides is 1. The number of non-ortho nitro benzene ring substituents is 1. The van der Waals surface area contributed by atoms with E-state index < -0.39 is 32.9 Å². The molecule has 0 atom stereocenters. The highest BCUT2D eigenvalue weighted by Gasteiger charge is 2.40. The lowest BCUT2D eigenvalue weighted by Gasteiger charge is -2.16. The molecule has 1 aliphatic heterocycles. The van der Waals surface area contributed by atoms with Gasteiger partial charge in [0.05, 0.1) is 27.2 Å². The molecule has 0 saturated heterocycles. The van der Waals surface area contributed by atoms with Gasteiger partial charge in [0.1, 0.15) is 5.69 Å². The Bertz CT molecular complexity index is 942. The second-order valence-electron chi connectivity index (χ2n) is 4.82. The van der Waals surface area contributed by atoms with E-state index in [-0.39, 0.29) is 16.9 Å². The lowest BCUT2D eigenvalue weighted by Crippen LogP contribution is -2.25. The van der Waals surface area contributed by atoms with Gasteiger partial charge in [0.25, 0.3) is 17.2 Å². The van der Waals surface area contributed by atoms with E-state index in [2.05, 4.69) is 15.9 Å². The standard InChI is InChI=1S/C14H6BrN3O6/c15-7-1-3-10-9(5-7)13(19)14(20)16(10)11-4-2-8(17(21)22)6-12(11)18(23)24/h1-6H. The van der Waals surface area contributed by atoms with Crippen molar-refractivity contribution in [3.63, 3.8) is 0 Å². The van der Waals surface area contributed by atoms with Gasteiger partial charge in [0.15, 0.2) is 0 Å². The maximum absolute atomic E-state index is 12.3. The number of carbonyl (C=O) groups excluding carboxylic acids is 2. The van der Waals surface area contributed by atoms with Gasteiger partial charge < -0.3 is 0 Å². The Morgan fingerprint density at radius 2 is 1.58 bits per heavy atom. The van der Waals surface area contributed by atoms with Gasteiger partial charge in [-0.25, -0.2) is 0 Å². The number of nitrogens with zero attached hydrogens (tertiary/aromatic N) is 3. The second-order valence-corrected chi connectivity index (χ2v) is 5.73. The minimum Gasteiger partial charge on any atom is -0.283 e.